The van der Waals surface area contributed by atoms with Gasteiger partial charge in [-0.2, -0.15) is 0 Å². The molecule has 0 radical (unpaired) electrons. The molecule has 0 saturated heterocycles. The van der Waals surface area contributed by atoms with Crippen molar-refractivity contribution in [2.24, 2.45) is 0 Å². The molecule has 5 nitrogen and oxygen atoms in total. The molecule has 33 heavy (non-hydrogen) atoms. The number of nitrogens with one attached hydrogen (secondary N) is 1. The molecule has 3 aromatic carbocycles. The van der Waals surface area contributed by atoms with Crippen LogP contribution in [0.5, 0.6) is 5.75 Å². The average molecular weight is 499 g/mol. The molecule has 0 atom stereocenters. The number of thioether (sulfide) groups is 1. The lowest BCUT2D eigenvalue weighted by molar-refractivity contribution is -0.120. The van der Waals surface area contributed by atoms with E-state index in [0.717, 1.165) is 16.0 Å². The minimum atomic E-state index is -0.452. The van der Waals surface area contributed by atoms with Crippen LogP contribution < -0.4 is 15.0 Å². The van der Waals surface area contributed by atoms with Gasteiger partial charge in [0.25, 0.3) is 11.8 Å². The summed E-state index contributed by atoms with van der Waals surface area (Å²) in [6, 6.07) is 17.9. The zero-order valence-corrected chi connectivity index (χ0v) is 20.4. The molecule has 1 N–H and O–H groups in total. The number of carbonyl (C=O) groups excluding carboxylic acids is 2. The van der Waals surface area contributed by atoms with Gasteiger partial charge in [0, 0.05) is 15.6 Å². The number of imide groups is 1. The quantitative estimate of drug-likeness (QED) is 0.387. The van der Waals surface area contributed by atoms with Gasteiger partial charge in [0.05, 0.1) is 17.8 Å². The van der Waals surface area contributed by atoms with Crippen LogP contribution in [0.25, 0.3) is 0 Å². The predicted octanol–water partition coefficient (Wildman–Crippen LogP) is 6.61. The van der Waals surface area contributed by atoms with E-state index in [-0.39, 0.29) is 5.70 Å². The first-order chi connectivity index (χ1) is 15.8. The largest absolute Gasteiger partial charge is 0.495 e. The van der Waals surface area contributed by atoms with Crippen molar-refractivity contribution in [3.63, 3.8) is 0 Å². The van der Waals surface area contributed by atoms with E-state index in [4.69, 9.17) is 27.9 Å². The summed E-state index contributed by atoms with van der Waals surface area (Å²) < 4.78 is 5.20. The molecule has 168 valence electrons. The van der Waals surface area contributed by atoms with Gasteiger partial charge in [-0.3, -0.25) is 9.59 Å². The van der Waals surface area contributed by atoms with E-state index in [1.165, 1.54) is 23.8 Å². The number of methoxy groups -OCH3 is 1. The normalized spacial score (nSPS) is 13.7. The molecule has 1 aliphatic heterocycles. The van der Waals surface area contributed by atoms with Crippen LogP contribution in [0, 0.1) is 13.8 Å². The van der Waals surface area contributed by atoms with Crippen molar-refractivity contribution >= 4 is 58.2 Å². The number of halogens is 2. The average Bonchev–Trinajstić information content (AvgIpc) is 3.00. The van der Waals surface area contributed by atoms with Crippen LogP contribution in [0.3, 0.4) is 0 Å². The molecule has 0 saturated carbocycles. The fourth-order valence-electron chi connectivity index (χ4n) is 3.42. The topological polar surface area (TPSA) is 58.6 Å². The number of hydrogen-bond acceptors (Lipinski definition) is 5. The number of aryl methyl sites for hydroxylation is 2. The first-order valence-electron chi connectivity index (χ1n) is 10.0. The van der Waals surface area contributed by atoms with Gasteiger partial charge in [0.2, 0.25) is 0 Å². The monoisotopic (exact) mass is 498 g/mol. The van der Waals surface area contributed by atoms with Crippen molar-refractivity contribution < 1.29 is 14.3 Å². The number of amides is 2. The maximum absolute atomic E-state index is 13.5. The molecule has 0 aliphatic carbocycles. The number of benzene rings is 3. The Morgan fingerprint density at radius 2 is 1.64 bits per heavy atom. The van der Waals surface area contributed by atoms with Gasteiger partial charge in [0.1, 0.15) is 16.4 Å². The molecule has 0 spiro atoms. The Morgan fingerprint density at radius 3 is 2.27 bits per heavy atom. The Bertz CT molecular complexity index is 1290. The van der Waals surface area contributed by atoms with Crippen LogP contribution in [0.4, 0.5) is 11.4 Å². The number of anilines is 2. The molecule has 1 heterocycles. The summed E-state index contributed by atoms with van der Waals surface area (Å²) in [5.41, 5.74) is 3.06. The fourth-order valence-corrected chi connectivity index (χ4v) is 4.83. The first kappa shape index (κ1) is 23.2. The summed E-state index contributed by atoms with van der Waals surface area (Å²) in [7, 11) is 1.53. The third kappa shape index (κ3) is 4.74. The number of rotatable bonds is 6. The second kappa shape index (κ2) is 9.51. The highest BCUT2D eigenvalue weighted by Crippen LogP contribution is 2.39. The molecule has 0 aromatic heterocycles. The van der Waals surface area contributed by atoms with Crippen molar-refractivity contribution in [1.29, 1.82) is 0 Å². The minimum Gasteiger partial charge on any atom is -0.495 e. The second-order valence-corrected chi connectivity index (χ2v) is 9.40. The molecule has 0 fully saturated rings. The fraction of sp³-hybridized carbons (Fsp3) is 0.120. The molecular weight excluding hydrogens is 479 g/mol. The van der Waals surface area contributed by atoms with Gasteiger partial charge in [-0.1, -0.05) is 52.7 Å². The maximum Gasteiger partial charge on any atom is 0.283 e. The summed E-state index contributed by atoms with van der Waals surface area (Å²) in [4.78, 5) is 29.3. The molecule has 4 rings (SSSR count). The number of hydrogen-bond donors (Lipinski definition) is 1. The minimum absolute atomic E-state index is 0.182. The summed E-state index contributed by atoms with van der Waals surface area (Å²) >= 11 is 13.6. The van der Waals surface area contributed by atoms with Crippen LogP contribution >= 0.6 is 35.0 Å². The molecule has 8 heteroatoms. The Hall–Kier alpha value is -2.93. The third-order valence-electron chi connectivity index (χ3n) is 5.10. The van der Waals surface area contributed by atoms with E-state index >= 15 is 0 Å². The standard InChI is InChI=1S/C25H20Cl2N2O3S/c1-14-4-8-18(9-5-14)33-23-22(28-17-7-11-21(32-3)19(27)13-17)24(30)29(25(23)31)20-10-6-16(26)12-15(20)2/h4-13,28H,1-3H3. The van der Waals surface area contributed by atoms with Gasteiger partial charge in [-0.05, 0) is 67.9 Å². The first-order valence-corrected chi connectivity index (χ1v) is 11.6. The van der Waals surface area contributed by atoms with Gasteiger partial charge >= 0.3 is 0 Å². The lowest BCUT2D eigenvalue weighted by atomic mass is 10.2. The van der Waals surface area contributed by atoms with E-state index in [2.05, 4.69) is 5.32 Å². The summed E-state index contributed by atoms with van der Waals surface area (Å²) in [5, 5.41) is 4.02. The van der Waals surface area contributed by atoms with E-state index in [0.29, 0.717) is 32.1 Å². The molecule has 0 unspecified atom stereocenters. The summed E-state index contributed by atoms with van der Waals surface area (Å²) in [6.45, 7) is 3.80. The highest BCUT2D eigenvalue weighted by atomic mass is 35.5. The van der Waals surface area contributed by atoms with E-state index < -0.39 is 11.8 Å². The zero-order valence-electron chi connectivity index (χ0n) is 18.1. The molecular formula is C25H20Cl2N2O3S. The van der Waals surface area contributed by atoms with E-state index in [1.54, 1.807) is 36.4 Å². The third-order valence-corrected chi connectivity index (χ3v) is 6.72. The Kier molecular flexibility index (Phi) is 6.70. The van der Waals surface area contributed by atoms with Gasteiger partial charge in [-0.25, -0.2) is 4.90 Å². The Morgan fingerprint density at radius 1 is 0.909 bits per heavy atom. The molecule has 1 aliphatic rings. The summed E-state index contributed by atoms with van der Waals surface area (Å²) in [6.07, 6.45) is 0. The van der Waals surface area contributed by atoms with E-state index in [1.807, 2.05) is 38.1 Å². The predicted molar refractivity (Wildman–Crippen MR) is 134 cm³/mol. The molecule has 2 amide bonds. The van der Waals surface area contributed by atoms with Crippen LogP contribution in [-0.2, 0) is 9.59 Å². The number of ether oxygens (including phenoxy) is 1. The number of carbonyl (C=O) groups is 2. The van der Waals surface area contributed by atoms with E-state index in [9.17, 15) is 9.59 Å². The SMILES string of the molecule is COc1ccc(NC2=C(Sc3ccc(C)cc3)C(=O)N(c3ccc(Cl)cc3C)C2=O)cc1Cl. The highest BCUT2D eigenvalue weighted by Gasteiger charge is 2.40. The van der Waals surface area contributed by atoms with Crippen LogP contribution in [0.1, 0.15) is 11.1 Å². The van der Waals surface area contributed by atoms with Crippen LogP contribution in [0.2, 0.25) is 10.0 Å². The molecule has 3 aromatic rings. The van der Waals surface area contributed by atoms with Crippen LogP contribution in [0.15, 0.2) is 76.2 Å². The summed E-state index contributed by atoms with van der Waals surface area (Å²) in [5.74, 6) is -0.345. The van der Waals surface area contributed by atoms with Crippen LogP contribution in [-0.4, -0.2) is 18.9 Å². The lowest BCUT2D eigenvalue weighted by Gasteiger charge is -2.18. The van der Waals surface area contributed by atoms with Gasteiger partial charge in [0.15, 0.2) is 0 Å². The van der Waals surface area contributed by atoms with Crippen molar-refractivity contribution in [3.05, 3.63) is 92.4 Å². The maximum atomic E-state index is 13.5. The zero-order chi connectivity index (χ0) is 23.7. The lowest BCUT2D eigenvalue weighted by Crippen LogP contribution is -2.32. The Balaban J connectivity index is 1.76. The smallest absolute Gasteiger partial charge is 0.283 e. The van der Waals surface area contributed by atoms with Crippen molar-refractivity contribution in [2.75, 3.05) is 17.3 Å². The second-order valence-electron chi connectivity index (χ2n) is 7.47. The van der Waals surface area contributed by atoms with Gasteiger partial charge in [-0.15, -0.1) is 0 Å². The Labute approximate surface area is 206 Å². The van der Waals surface area contributed by atoms with Crippen molar-refractivity contribution in [2.45, 2.75) is 18.7 Å². The van der Waals surface area contributed by atoms with Gasteiger partial charge < -0.3 is 10.1 Å². The van der Waals surface area contributed by atoms with Crippen molar-refractivity contribution in [1.82, 2.24) is 0 Å². The van der Waals surface area contributed by atoms with Crippen molar-refractivity contribution in [3.8, 4) is 5.75 Å². The highest BCUT2D eigenvalue weighted by molar-refractivity contribution is 8.04. The molecule has 0 bridgehead atoms. The number of nitrogens with zero attached hydrogens (tertiary/aromatic N) is 1.